The van der Waals surface area contributed by atoms with E-state index in [0.29, 0.717) is 12.5 Å². The van der Waals surface area contributed by atoms with E-state index in [2.05, 4.69) is 26.6 Å². The molecule has 1 fully saturated rings. The van der Waals surface area contributed by atoms with E-state index < -0.39 is 0 Å². The molecule has 0 spiro atoms. The second kappa shape index (κ2) is 5.65. The fourth-order valence-corrected chi connectivity index (χ4v) is 2.34. The number of benzene rings is 1. The van der Waals surface area contributed by atoms with E-state index in [4.69, 9.17) is 0 Å². The first-order chi connectivity index (χ1) is 8.15. The third kappa shape index (κ3) is 3.54. The van der Waals surface area contributed by atoms with Crippen LogP contribution in [0.5, 0.6) is 0 Å². The van der Waals surface area contributed by atoms with Crippen LogP contribution in [0, 0.1) is 6.92 Å². The highest BCUT2D eigenvalue weighted by Gasteiger charge is 2.17. The van der Waals surface area contributed by atoms with E-state index in [0.717, 1.165) is 28.7 Å². The summed E-state index contributed by atoms with van der Waals surface area (Å²) in [5, 5.41) is 6.26. The highest BCUT2D eigenvalue weighted by atomic mass is 79.9. The lowest BCUT2D eigenvalue weighted by molar-refractivity contribution is -0.116. The van der Waals surface area contributed by atoms with Crippen molar-refractivity contribution in [1.29, 1.82) is 0 Å². The number of aryl methyl sites for hydroxylation is 1. The average molecular weight is 297 g/mol. The molecule has 92 valence electrons. The zero-order chi connectivity index (χ0) is 12.3. The van der Waals surface area contributed by atoms with Crippen LogP contribution in [0.4, 0.5) is 5.69 Å². The van der Waals surface area contributed by atoms with Gasteiger partial charge in [-0.25, -0.2) is 0 Å². The van der Waals surface area contributed by atoms with Crippen molar-refractivity contribution in [1.82, 2.24) is 5.32 Å². The molecule has 0 bridgehead atoms. The Kier molecular flexibility index (Phi) is 4.18. The van der Waals surface area contributed by atoms with Gasteiger partial charge in [0.2, 0.25) is 5.91 Å². The van der Waals surface area contributed by atoms with Crippen LogP contribution < -0.4 is 10.6 Å². The minimum atomic E-state index is 0.0890. The van der Waals surface area contributed by atoms with E-state index in [1.807, 2.05) is 25.1 Å². The van der Waals surface area contributed by atoms with Crippen molar-refractivity contribution in [3.8, 4) is 0 Å². The molecule has 4 heteroatoms. The molecule has 0 radical (unpaired) electrons. The minimum Gasteiger partial charge on any atom is -0.326 e. The summed E-state index contributed by atoms with van der Waals surface area (Å²) in [5.74, 6) is 0.0890. The second-order valence-corrected chi connectivity index (χ2v) is 5.36. The summed E-state index contributed by atoms with van der Waals surface area (Å²) in [6.45, 7) is 3.05. The van der Waals surface area contributed by atoms with Gasteiger partial charge in [-0.05, 0) is 50.1 Å². The van der Waals surface area contributed by atoms with Crippen molar-refractivity contribution in [2.24, 2.45) is 0 Å². The Labute approximate surface area is 110 Å². The van der Waals surface area contributed by atoms with Gasteiger partial charge in [0.1, 0.15) is 0 Å². The average Bonchev–Trinajstić information content (AvgIpc) is 2.76. The van der Waals surface area contributed by atoms with Crippen molar-refractivity contribution in [3.05, 3.63) is 28.2 Å². The lowest BCUT2D eigenvalue weighted by Gasteiger charge is -2.11. The molecule has 1 heterocycles. The Morgan fingerprint density at radius 3 is 3.06 bits per heavy atom. The summed E-state index contributed by atoms with van der Waals surface area (Å²) in [6.07, 6.45) is 2.84. The molecule has 1 amide bonds. The molecule has 0 aromatic heterocycles. The number of hydrogen-bond donors (Lipinski definition) is 2. The first-order valence-corrected chi connectivity index (χ1v) is 6.74. The van der Waals surface area contributed by atoms with Gasteiger partial charge in [0, 0.05) is 22.6 Å². The Bertz CT molecular complexity index is 414. The maximum absolute atomic E-state index is 11.8. The standard InChI is InChI=1S/C13H17BrN2O/c1-9-7-11(4-5-12(9)14)16-13(17)8-10-3-2-6-15-10/h4-5,7,10,15H,2-3,6,8H2,1H3,(H,16,17). The number of amides is 1. The molecular formula is C13H17BrN2O. The van der Waals surface area contributed by atoms with Crippen molar-refractivity contribution < 1.29 is 4.79 Å². The predicted molar refractivity (Wildman–Crippen MR) is 73.2 cm³/mol. The van der Waals surface area contributed by atoms with Gasteiger partial charge in [-0.1, -0.05) is 15.9 Å². The minimum absolute atomic E-state index is 0.0890. The number of hydrogen-bond acceptors (Lipinski definition) is 2. The summed E-state index contributed by atoms with van der Waals surface area (Å²) >= 11 is 3.44. The lowest BCUT2D eigenvalue weighted by atomic mass is 10.1. The molecule has 2 rings (SSSR count). The number of rotatable bonds is 3. The number of nitrogens with one attached hydrogen (secondary N) is 2. The van der Waals surface area contributed by atoms with E-state index in [1.54, 1.807) is 0 Å². The molecule has 1 aromatic carbocycles. The van der Waals surface area contributed by atoms with Gasteiger partial charge < -0.3 is 10.6 Å². The van der Waals surface area contributed by atoms with Crippen LogP contribution in [0.1, 0.15) is 24.8 Å². The molecule has 0 saturated carbocycles. The largest absolute Gasteiger partial charge is 0.326 e. The zero-order valence-corrected chi connectivity index (χ0v) is 11.5. The molecular weight excluding hydrogens is 280 g/mol. The molecule has 1 saturated heterocycles. The van der Waals surface area contributed by atoms with Crippen LogP contribution in [-0.2, 0) is 4.79 Å². The number of halogens is 1. The van der Waals surface area contributed by atoms with Crippen LogP contribution in [-0.4, -0.2) is 18.5 Å². The van der Waals surface area contributed by atoms with Gasteiger partial charge in [-0.3, -0.25) is 4.79 Å². The SMILES string of the molecule is Cc1cc(NC(=O)CC2CCCN2)ccc1Br. The molecule has 1 aliphatic heterocycles. The van der Waals surface area contributed by atoms with E-state index in [9.17, 15) is 4.79 Å². The molecule has 1 aromatic rings. The van der Waals surface area contributed by atoms with E-state index in [1.165, 1.54) is 6.42 Å². The summed E-state index contributed by atoms with van der Waals surface area (Å²) < 4.78 is 1.06. The van der Waals surface area contributed by atoms with Crippen LogP contribution in [0.2, 0.25) is 0 Å². The quantitative estimate of drug-likeness (QED) is 0.900. The summed E-state index contributed by atoms with van der Waals surface area (Å²) in [6, 6.07) is 6.20. The van der Waals surface area contributed by atoms with Crippen LogP contribution >= 0.6 is 15.9 Å². The molecule has 1 atom stereocenters. The molecule has 1 unspecified atom stereocenters. The van der Waals surface area contributed by atoms with Crippen molar-refractivity contribution in [2.75, 3.05) is 11.9 Å². The molecule has 17 heavy (non-hydrogen) atoms. The summed E-state index contributed by atoms with van der Waals surface area (Å²) in [5.41, 5.74) is 2.00. The zero-order valence-electron chi connectivity index (χ0n) is 9.92. The van der Waals surface area contributed by atoms with Crippen molar-refractivity contribution in [3.63, 3.8) is 0 Å². The molecule has 0 aliphatic carbocycles. The van der Waals surface area contributed by atoms with Crippen molar-refractivity contribution >= 4 is 27.5 Å². The first-order valence-electron chi connectivity index (χ1n) is 5.94. The smallest absolute Gasteiger partial charge is 0.225 e. The highest BCUT2D eigenvalue weighted by molar-refractivity contribution is 9.10. The van der Waals surface area contributed by atoms with Gasteiger partial charge in [0.15, 0.2) is 0 Å². The Hall–Kier alpha value is -0.870. The third-order valence-corrected chi connectivity index (χ3v) is 3.93. The van der Waals surface area contributed by atoms with Gasteiger partial charge in [0.25, 0.3) is 0 Å². The van der Waals surface area contributed by atoms with Crippen LogP contribution in [0.15, 0.2) is 22.7 Å². The normalized spacial score (nSPS) is 19.3. The lowest BCUT2D eigenvalue weighted by Crippen LogP contribution is -2.27. The maximum Gasteiger partial charge on any atom is 0.225 e. The third-order valence-electron chi connectivity index (χ3n) is 3.04. The fourth-order valence-electron chi connectivity index (χ4n) is 2.09. The van der Waals surface area contributed by atoms with E-state index >= 15 is 0 Å². The molecule has 2 N–H and O–H groups in total. The predicted octanol–water partition coefficient (Wildman–Crippen LogP) is 2.84. The number of carbonyl (C=O) groups excluding carboxylic acids is 1. The summed E-state index contributed by atoms with van der Waals surface area (Å²) in [4.78, 5) is 11.8. The van der Waals surface area contributed by atoms with Gasteiger partial charge in [-0.2, -0.15) is 0 Å². The molecule has 1 aliphatic rings. The first kappa shape index (κ1) is 12.6. The number of carbonyl (C=O) groups is 1. The monoisotopic (exact) mass is 296 g/mol. The van der Waals surface area contributed by atoms with E-state index in [-0.39, 0.29) is 5.91 Å². The van der Waals surface area contributed by atoms with Gasteiger partial charge in [0.05, 0.1) is 0 Å². The summed E-state index contributed by atoms with van der Waals surface area (Å²) in [7, 11) is 0. The Morgan fingerprint density at radius 2 is 2.41 bits per heavy atom. The van der Waals surface area contributed by atoms with Crippen LogP contribution in [0.3, 0.4) is 0 Å². The van der Waals surface area contributed by atoms with Crippen molar-refractivity contribution in [2.45, 2.75) is 32.2 Å². The number of anilines is 1. The van der Waals surface area contributed by atoms with Crippen LogP contribution in [0.25, 0.3) is 0 Å². The Morgan fingerprint density at radius 1 is 1.59 bits per heavy atom. The topological polar surface area (TPSA) is 41.1 Å². The highest BCUT2D eigenvalue weighted by Crippen LogP contribution is 2.20. The van der Waals surface area contributed by atoms with Gasteiger partial charge >= 0.3 is 0 Å². The fraction of sp³-hybridized carbons (Fsp3) is 0.462. The second-order valence-electron chi connectivity index (χ2n) is 4.51. The Balaban J connectivity index is 1.90. The maximum atomic E-state index is 11.8. The molecule has 3 nitrogen and oxygen atoms in total. The van der Waals surface area contributed by atoms with Gasteiger partial charge in [-0.15, -0.1) is 0 Å².